The summed E-state index contributed by atoms with van der Waals surface area (Å²) in [6.45, 7) is 7.16. The van der Waals surface area contributed by atoms with Crippen molar-refractivity contribution < 1.29 is 14.3 Å². The number of hydrogen-bond donors (Lipinski definition) is 0. The van der Waals surface area contributed by atoms with E-state index >= 15 is 0 Å². The minimum absolute atomic E-state index is 0.0547. The number of para-hydroxylation sites is 1. The third kappa shape index (κ3) is 5.22. The zero-order valence-corrected chi connectivity index (χ0v) is 21.0. The lowest BCUT2D eigenvalue weighted by molar-refractivity contribution is 0.0992. The van der Waals surface area contributed by atoms with E-state index in [-0.39, 0.29) is 19.3 Å². The number of benzene rings is 1. The number of aromatic nitrogens is 4. The quantitative estimate of drug-likeness (QED) is 0.320. The maximum Gasteiger partial charge on any atom is 0.410 e. The van der Waals surface area contributed by atoms with E-state index in [4.69, 9.17) is 26.1 Å². The van der Waals surface area contributed by atoms with Gasteiger partial charge in [0.05, 0.1) is 10.7 Å². The Morgan fingerprint density at radius 3 is 2.66 bits per heavy atom. The smallest absolute Gasteiger partial charge is 0.410 e. The maximum absolute atomic E-state index is 12.3. The molecule has 3 heterocycles. The van der Waals surface area contributed by atoms with Crippen LogP contribution in [0.2, 0.25) is 5.02 Å². The van der Waals surface area contributed by atoms with Crippen LogP contribution >= 0.6 is 11.6 Å². The number of halogens is 1. The molecule has 0 radical (unpaired) electrons. The molecule has 0 N–H and O–H groups in total. The van der Waals surface area contributed by atoms with Gasteiger partial charge in [-0.25, -0.2) is 9.78 Å². The van der Waals surface area contributed by atoms with Gasteiger partial charge in [-0.05, 0) is 39.0 Å². The van der Waals surface area contributed by atoms with E-state index in [0.717, 1.165) is 27.9 Å². The molecule has 182 valence electrons. The molecule has 4 rings (SSSR count). The van der Waals surface area contributed by atoms with E-state index < -0.39 is 0 Å². The molecular weight excluding hydrogens is 466 g/mol. The van der Waals surface area contributed by atoms with Gasteiger partial charge in [-0.15, -0.1) is 0 Å². The lowest BCUT2D eigenvalue weighted by Crippen LogP contribution is -2.31. The molecule has 35 heavy (non-hydrogen) atoms. The van der Waals surface area contributed by atoms with Crippen LogP contribution in [-0.2, 0) is 25.0 Å². The maximum atomic E-state index is 12.3. The van der Waals surface area contributed by atoms with Crippen molar-refractivity contribution in [2.45, 2.75) is 34.0 Å². The van der Waals surface area contributed by atoms with Gasteiger partial charge in [-0.2, -0.15) is 5.10 Å². The number of pyridine rings is 2. The zero-order chi connectivity index (χ0) is 24.9. The number of amides is 1. The van der Waals surface area contributed by atoms with E-state index in [1.54, 1.807) is 23.5 Å². The number of aryl methyl sites for hydroxylation is 2. The van der Waals surface area contributed by atoms with Crippen LogP contribution in [0.1, 0.15) is 30.7 Å². The summed E-state index contributed by atoms with van der Waals surface area (Å²) in [4.78, 5) is 22.8. The number of nitrogens with zero attached hydrogens (tertiary/aromatic N) is 5. The Morgan fingerprint density at radius 1 is 1.14 bits per heavy atom. The van der Waals surface area contributed by atoms with Crippen molar-refractivity contribution in [1.29, 1.82) is 0 Å². The fraction of sp³-hybridized carbons (Fsp3) is 0.308. The Bertz CT molecular complexity index is 1350. The van der Waals surface area contributed by atoms with Crippen molar-refractivity contribution in [3.05, 3.63) is 70.8 Å². The van der Waals surface area contributed by atoms with Gasteiger partial charge in [-0.1, -0.05) is 23.7 Å². The highest BCUT2D eigenvalue weighted by Gasteiger charge is 2.17. The minimum atomic E-state index is -0.377. The Morgan fingerprint density at radius 2 is 1.94 bits per heavy atom. The van der Waals surface area contributed by atoms with E-state index in [1.165, 1.54) is 0 Å². The molecule has 8 nitrogen and oxygen atoms in total. The molecular formula is C26H28ClN5O3. The predicted molar refractivity (Wildman–Crippen MR) is 135 cm³/mol. The highest BCUT2D eigenvalue weighted by Crippen LogP contribution is 2.33. The second-order valence-corrected chi connectivity index (χ2v) is 8.49. The van der Waals surface area contributed by atoms with Crippen molar-refractivity contribution in [2.24, 2.45) is 7.05 Å². The number of fused-ring (bicyclic) bond motifs is 1. The Labute approximate surface area is 209 Å². The Hall–Kier alpha value is -3.65. The molecule has 0 aliphatic carbocycles. The van der Waals surface area contributed by atoms with Gasteiger partial charge in [0.15, 0.2) is 0 Å². The fourth-order valence-corrected chi connectivity index (χ4v) is 4.20. The average molecular weight is 494 g/mol. The summed E-state index contributed by atoms with van der Waals surface area (Å²) in [5, 5.41) is 5.71. The van der Waals surface area contributed by atoms with Crippen LogP contribution in [-0.4, -0.2) is 43.8 Å². The molecule has 0 spiro atoms. The summed E-state index contributed by atoms with van der Waals surface area (Å²) < 4.78 is 13.6. The lowest BCUT2D eigenvalue weighted by atomic mass is 10.0. The third-order valence-corrected chi connectivity index (χ3v) is 6.19. The summed E-state index contributed by atoms with van der Waals surface area (Å²) in [5.41, 5.74) is 5.05. The first-order valence-corrected chi connectivity index (χ1v) is 11.8. The minimum Gasteiger partial charge on any atom is -0.487 e. The molecule has 3 aromatic heterocycles. The summed E-state index contributed by atoms with van der Waals surface area (Å²) in [5.74, 6) is 0.633. The Kier molecular flexibility index (Phi) is 7.51. The van der Waals surface area contributed by atoms with Crippen LogP contribution in [0, 0.1) is 6.92 Å². The topological polar surface area (TPSA) is 82.4 Å². The standard InChI is InChI=1S/C26H28ClN5O3/c1-5-32(6-2)26(33)35-15-18-13-28-14-22(27)21(18)16-34-24-9-7-8-19-20(12-17(3)30-25(19)24)23-10-11-29-31(23)4/h7-14H,5-6,15-16H2,1-4H3. The molecule has 0 aliphatic rings. The number of carbonyl (C=O) groups excluding carboxylic acids is 1. The molecule has 0 atom stereocenters. The van der Waals surface area contributed by atoms with Crippen LogP contribution in [0.25, 0.3) is 22.2 Å². The van der Waals surface area contributed by atoms with Crippen molar-refractivity contribution >= 4 is 28.6 Å². The SMILES string of the molecule is CCN(CC)C(=O)OCc1cncc(Cl)c1COc1cccc2c(-c3ccnn3C)cc(C)nc12. The van der Waals surface area contributed by atoms with Crippen molar-refractivity contribution in [1.82, 2.24) is 24.6 Å². The summed E-state index contributed by atoms with van der Waals surface area (Å²) in [7, 11) is 1.91. The number of ether oxygens (including phenoxy) is 2. The van der Waals surface area contributed by atoms with Gasteiger partial charge in [0.25, 0.3) is 0 Å². The van der Waals surface area contributed by atoms with Crippen LogP contribution in [0.5, 0.6) is 5.75 Å². The van der Waals surface area contributed by atoms with E-state index in [9.17, 15) is 4.79 Å². The van der Waals surface area contributed by atoms with Crippen LogP contribution < -0.4 is 4.74 Å². The molecule has 0 bridgehead atoms. The molecule has 9 heteroatoms. The number of hydrogen-bond acceptors (Lipinski definition) is 6. The monoisotopic (exact) mass is 493 g/mol. The highest BCUT2D eigenvalue weighted by atomic mass is 35.5. The van der Waals surface area contributed by atoms with Crippen molar-refractivity contribution in [3.8, 4) is 17.0 Å². The average Bonchev–Trinajstić information content (AvgIpc) is 3.28. The number of rotatable bonds is 8. The van der Waals surface area contributed by atoms with Gasteiger partial charge >= 0.3 is 6.09 Å². The van der Waals surface area contributed by atoms with Gasteiger partial charge in [0, 0.05) is 66.5 Å². The first-order chi connectivity index (χ1) is 16.9. The van der Waals surface area contributed by atoms with E-state index in [2.05, 4.69) is 10.1 Å². The lowest BCUT2D eigenvalue weighted by Gasteiger charge is -2.19. The molecule has 0 saturated carbocycles. The highest BCUT2D eigenvalue weighted by molar-refractivity contribution is 6.31. The molecule has 4 aromatic rings. The molecule has 0 saturated heterocycles. The molecule has 1 aromatic carbocycles. The molecule has 0 unspecified atom stereocenters. The zero-order valence-electron chi connectivity index (χ0n) is 20.3. The van der Waals surface area contributed by atoms with Crippen LogP contribution in [0.15, 0.2) is 48.9 Å². The fourth-order valence-electron chi connectivity index (χ4n) is 3.97. The van der Waals surface area contributed by atoms with Gasteiger partial charge < -0.3 is 14.4 Å². The first kappa shape index (κ1) is 24.5. The summed E-state index contributed by atoms with van der Waals surface area (Å²) >= 11 is 6.46. The van der Waals surface area contributed by atoms with E-state index in [1.807, 2.05) is 62.8 Å². The van der Waals surface area contributed by atoms with Gasteiger partial charge in [-0.3, -0.25) is 9.67 Å². The summed E-state index contributed by atoms with van der Waals surface area (Å²) in [6, 6.07) is 9.87. The normalized spacial score (nSPS) is 11.0. The molecule has 0 aliphatic heterocycles. The van der Waals surface area contributed by atoms with Crippen LogP contribution in [0.4, 0.5) is 4.79 Å². The van der Waals surface area contributed by atoms with Gasteiger partial charge in [0.2, 0.25) is 0 Å². The van der Waals surface area contributed by atoms with E-state index in [0.29, 0.717) is 35.0 Å². The second kappa shape index (κ2) is 10.7. The third-order valence-electron chi connectivity index (χ3n) is 5.87. The summed E-state index contributed by atoms with van der Waals surface area (Å²) in [6.07, 6.45) is 4.60. The Balaban J connectivity index is 1.61. The molecule has 1 amide bonds. The largest absolute Gasteiger partial charge is 0.487 e. The van der Waals surface area contributed by atoms with Gasteiger partial charge in [0.1, 0.15) is 24.5 Å². The van der Waals surface area contributed by atoms with Crippen molar-refractivity contribution in [2.75, 3.05) is 13.1 Å². The van der Waals surface area contributed by atoms with Crippen molar-refractivity contribution in [3.63, 3.8) is 0 Å². The second-order valence-electron chi connectivity index (χ2n) is 8.08. The first-order valence-electron chi connectivity index (χ1n) is 11.5. The predicted octanol–water partition coefficient (Wildman–Crippen LogP) is 5.55. The van der Waals surface area contributed by atoms with Crippen LogP contribution in [0.3, 0.4) is 0 Å². The molecule has 0 fully saturated rings. The number of carbonyl (C=O) groups is 1.